The van der Waals surface area contributed by atoms with Crippen LogP contribution in [0, 0.1) is 11.3 Å². The summed E-state index contributed by atoms with van der Waals surface area (Å²) in [6.45, 7) is 0.758. The Morgan fingerprint density at radius 2 is 2.13 bits per heavy atom. The molecular weight excluding hydrogens is 290 g/mol. The Morgan fingerprint density at radius 1 is 1.26 bits per heavy atom. The fraction of sp³-hybridized carbons (Fsp3) is 0.222. The highest BCUT2D eigenvalue weighted by Crippen LogP contribution is 2.31. The summed E-state index contributed by atoms with van der Waals surface area (Å²) in [7, 11) is 0. The van der Waals surface area contributed by atoms with Gasteiger partial charge in [0, 0.05) is 17.7 Å². The molecule has 1 aliphatic heterocycles. The van der Waals surface area contributed by atoms with Gasteiger partial charge in [-0.25, -0.2) is 0 Å². The molecule has 1 heterocycles. The number of para-hydroxylation sites is 1. The summed E-state index contributed by atoms with van der Waals surface area (Å²) >= 11 is 0. The van der Waals surface area contributed by atoms with E-state index in [1.807, 2.05) is 30.3 Å². The minimum Gasteiger partial charge on any atom is -0.493 e. The molecule has 0 aliphatic carbocycles. The zero-order valence-electron chi connectivity index (χ0n) is 12.6. The number of rotatable bonds is 4. The fourth-order valence-electron chi connectivity index (χ4n) is 2.62. The Kier molecular flexibility index (Phi) is 4.44. The molecule has 116 valence electrons. The van der Waals surface area contributed by atoms with Gasteiger partial charge in [-0.15, -0.1) is 0 Å². The van der Waals surface area contributed by atoms with E-state index in [-0.39, 0.29) is 18.5 Å². The van der Waals surface area contributed by atoms with Gasteiger partial charge in [0.05, 0.1) is 30.8 Å². The van der Waals surface area contributed by atoms with Crippen molar-refractivity contribution in [2.24, 2.45) is 0 Å². The second-order valence-corrected chi connectivity index (χ2v) is 5.34. The van der Waals surface area contributed by atoms with Crippen LogP contribution in [0.5, 0.6) is 5.75 Å². The van der Waals surface area contributed by atoms with Crippen molar-refractivity contribution in [2.45, 2.75) is 12.5 Å². The van der Waals surface area contributed by atoms with Crippen molar-refractivity contribution >= 4 is 11.6 Å². The molecule has 5 nitrogen and oxygen atoms in total. The molecule has 1 amide bonds. The molecule has 1 unspecified atom stereocenters. The van der Waals surface area contributed by atoms with E-state index in [9.17, 15) is 4.79 Å². The van der Waals surface area contributed by atoms with Gasteiger partial charge in [0.2, 0.25) is 5.91 Å². The first-order chi connectivity index (χ1) is 11.3. The first kappa shape index (κ1) is 14.9. The number of carbonyl (C=O) groups excluding carboxylic acids is 1. The van der Waals surface area contributed by atoms with Gasteiger partial charge >= 0.3 is 0 Å². The zero-order chi connectivity index (χ0) is 16.1. The van der Waals surface area contributed by atoms with E-state index >= 15 is 0 Å². The lowest BCUT2D eigenvalue weighted by molar-refractivity contribution is -0.120. The molecule has 2 aromatic rings. The van der Waals surface area contributed by atoms with Gasteiger partial charge < -0.3 is 15.4 Å². The van der Waals surface area contributed by atoms with E-state index in [0.29, 0.717) is 12.2 Å². The summed E-state index contributed by atoms with van der Waals surface area (Å²) in [6, 6.07) is 16.9. The van der Waals surface area contributed by atoms with Crippen LogP contribution in [0.3, 0.4) is 0 Å². The number of nitrogens with one attached hydrogen (secondary N) is 2. The minimum atomic E-state index is -0.0888. The summed E-state index contributed by atoms with van der Waals surface area (Å²) in [5.74, 6) is 0.743. The maximum Gasteiger partial charge on any atom is 0.239 e. The third-order valence-electron chi connectivity index (χ3n) is 3.74. The van der Waals surface area contributed by atoms with E-state index in [1.54, 1.807) is 18.2 Å². The minimum absolute atomic E-state index is 0.0281. The van der Waals surface area contributed by atoms with Gasteiger partial charge in [0.25, 0.3) is 0 Å². The molecule has 5 heteroatoms. The Balaban J connectivity index is 1.59. The molecule has 23 heavy (non-hydrogen) atoms. The number of hydrogen-bond donors (Lipinski definition) is 2. The van der Waals surface area contributed by atoms with Crippen molar-refractivity contribution in [3.05, 3.63) is 59.7 Å². The molecule has 0 saturated heterocycles. The number of benzene rings is 2. The summed E-state index contributed by atoms with van der Waals surface area (Å²) in [5.41, 5.74) is 2.33. The Labute approximate surface area is 134 Å². The van der Waals surface area contributed by atoms with Crippen LogP contribution in [-0.4, -0.2) is 19.1 Å². The fourth-order valence-corrected chi connectivity index (χ4v) is 2.62. The van der Waals surface area contributed by atoms with Crippen LogP contribution in [-0.2, 0) is 4.79 Å². The first-order valence-corrected chi connectivity index (χ1v) is 7.51. The van der Waals surface area contributed by atoms with Gasteiger partial charge in [0.15, 0.2) is 0 Å². The monoisotopic (exact) mass is 307 g/mol. The molecule has 0 fully saturated rings. The average Bonchev–Trinajstić information content (AvgIpc) is 2.60. The highest BCUT2D eigenvalue weighted by Gasteiger charge is 2.22. The van der Waals surface area contributed by atoms with E-state index in [0.717, 1.165) is 23.4 Å². The number of hydrogen-bond acceptors (Lipinski definition) is 4. The highest BCUT2D eigenvalue weighted by atomic mass is 16.5. The van der Waals surface area contributed by atoms with Crippen molar-refractivity contribution in [1.29, 1.82) is 5.26 Å². The number of nitrogens with zero attached hydrogens (tertiary/aromatic N) is 1. The van der Waals surface area contributed by atoms with Crippen LogP contribution >= 0.6 is 0 Å². The molecule has 2 N–H and O–H groups in total. The lowest BCUT2D eigenvalue weighted by Gasteiger charge is -2.26. The van der Waals surface area contributed by atoms with E-state index < -0.39 is 0 Å². The van der Waals surface area contributed by atoms with Crippen molar-refractivity contribution in [1.82, 2.24) is 5.32 Å². The third kappa shape index (κ3) is 3.61. The first-order valence-electron chi connectivity index (χ1n) is 7.51. The smallest absolute Gasteiger partial charge is 0.239 e. The summed E-state index contributed by atoms with van der Waals surface area (Å²) < 4.78 is 5.59. The molecule has 1 aliphatic rings. The Bertz CT molecular complexity index is 752. The normalized spacial score (nSPS) is 15.7. The number of ether oxygens (including phenoxy) is 1. The molecule has 3 rings (SSSR count). The lowest BCUT2D eigenvalue weighted by atomic mass is 10.0. The second kappa shape index (κ2) is 6.84. The van der Waals surface area contributed by atoms with Crippen LogP contribution in [0.2, 0.25) is 0 Å². The van der Waals surface area contributed by atoms with Crippen molar-refractivity contribution < 1.29 is 9.53 Å². The number of amides is 1. The highest BCUT2D eigenvalue weighted by molar-refractivity contribution is 5.81. The summed E-state index contributed by atoms with van der Waals surface area (Å²) in [6.07, 6.45) is 0.757. The maximum absolute atomic E-state index is 12.2. The molecule has 0 radical (unpaired) electrons. The van der Waals surface area contributed by atoms with E-state index in [2.05, 4.69) is 16.7 Å². The van der Waals surface area contributed by atoms with Gasteiger partial charge in [-0.3, -0.25) is 4.79 Å². The van der Waals surface area contributed by atoms with Crippen LogP contribution in [0.1, 0.15) is 23.6 Å². The topological polar surface area (TPSA) is 74.2 Å². The Morgan fingerprint density at radius 3 is 3.00 bits per heavy atom. The predicted octanol–water partition coefficient (Wildman–Crippen LogP) is 2.61. The molecular formula is C18H17N3O2. The maximum atomic E-state index is 12.2. The van der Waals surface area contributed by atoms with Gasteiger partial charge in [-0.1, -0.05) is 24.3 Å². The van der Waals surface area contributed by atoms with Crippen molar-refractivity contribution in [2.75, 3.05) is 18.5 Å². The predicted molar refractivity (Wildman–Crippen MR) is 87.1 cm³/mol. The molecule has 0 spiro atoms. The van der Waals surface area contributed by atoms with Crippen LogP contribution in [0.4, 0.5) is 5.69 Å². The molecule has 2 aromatic carbocycles. The quantitative estimate of drug-likeness (QED) is 0.910. The lowest BCUT2D eigenvalue weighted by Crippen LogP contribution is -2.35. The van der Waals surface area contributed by atoms with Crippen LogP contribution < -0.4 is 15.4 Å². The summed E-state index contributed by atoms with van der Waals surface area (Å²) in [4.78, 5) is 12.2. The molecule has 0 saturated carbocycles. The van der Waals surface area contributed by atoms with Crippen LogP contribution in [0.15, 0.2) is 48.5 Å². The number of fused-ring (bicyclic) bond motifs is 1. The van der Waals surface area contributed by atoms with E-state index in [1.165, 1.54) is 0 Å². The zero-order valence-corrected chi connectivity index (χ0v) is 12.6. The van der Waals surface area contributed by atoms with Gasteiger partial charge in [-0.2, -0.15) is 5.26 Å². The van der Waals surface area contributed by atoms with E-state index in [4.69, 9.17) is 10.00 Å². The number of nitriles is 1. The second-order valence-electron chi connectivity index (χ2n) is 5.34. The van der Waals surface area contributed by atoms with Crippen molar-refractivity contribution in [3.8, 4) is 11.8 Å². The third-order valence-corrected chi connectivity index (χ3v) is 3.74. The largest absolute Gasteiger partial charge is 0.493 e. The molecule has 0 bridgehead atoms. The number of carbonyl (C=O) groups is 1. The Hall–Kier alpha value is -3.00. The number of anilines is 1. The van der Waals surface area contributed by atoms with Crippen molar-refractivity contribution in [3.63, 3.8) is 0 Å². The van der Waals surface area contributed by atoms with Crippen LogP contribution in [0.25, 0.3) is 0 Å². The SMILES string of the molecule is N#Cc1cccc(NCC(=O)NC2CCOc3ccccc32)c1. The van der Waals surface area contributed by atoms with Gasteiger partial charge in [0.1, 0.15) is 5.75 Å². The summed E-state index contributed by atoms with van der Waals surface area (Å²) in [5, 5.41) is 14.9. The van der Waals surface area contributed by atoms with Gasteiger partial charge in [-0.05, 0) is 24.3 Å². The standard InChI is InChI=1S/C18H17N3O2/c19-11-13-4-3-5-14(10-13)20-12-18(22)21-16-8-9-23-17-7-2-1-6-15(16)17/h1-7,10,16,20H,8-9,12H2,(H,21,22). The average molecular weight is 307 g/mol. The molecule has 1 atom stereocenters. The molecule has 0 aromatic heterocycles.